The normalized spacial score (nSPS) is 15.6. The number of hydrogen-bond acceptors (Lipinski definition) is 7. The highest BCUT2D eigenvalue weighted by Gasteiger charge is 2.35. The van der Waals surface area contributed by atoms with Crippen molar-refractivity contribution in [3.8, 4) is 11.5 Å². The van der Waals surface area contributed by atoms with E-state index in [1.54, 1.807) is 20.3 Å². The average molecular weight is 426 g/mol. The molecule has 0 radical (unpaired) electrons. The second kappa shape index (κ2) is 8.55. The summed E-state index contributed by atoms with van der Waals surface area (Å²) in [7, 11) is 5.14. The van der Waals surface area contributed by atoms with Gasteiger partial charge in [-0.05, 0) is 49.7 Å². The molecule has 4 rings (SSSR count). The maximum absolute atomic E-state index is 13.5. The van der Waals surface area contributed by atoms with Gasteiger partial charge >= 0.3 is 0 Å². The Morgan fingerprint density at radius 2 is 1.71 bits per heavy atom. The smallest absolute Gasteiger partial charge is 0.227 e. The third kappa shape index (κ3) is 4.07. The number of aromatic nitrogens is 2. The molecule has 2 aromatic carbocycles. The van der Waals surface area contributed by atoms with Gasteiger partial charge in [0.15, 0.2) is 11.5 Å². The molecule has 0 saturated carbocycles. The van der Waals surface area contributed by atoms with Crippen molar-refractivity contribution in [1.82, 2.24) is 15.3 Å². The molecule has 1 aliphatic rings. The lowest BCUT2D eigenvalue weighted by Gasteiger charge is -2.41. The van der Waals surface area contributed by atoms with Gasteiger partial charge in [-0.15, -0.1) is 0 Å². The van der Waals surface area contributed by atoms with Crippen LogP contribution in [0.2, 0.25) is 0 Å². The summed E-state index contributed by atoms with van der Waals surface area (Å²) in [4.78, 5) is 11.3. The number of benzene rings is 2. The van der Waals surface area contributed by atoms with Gasteiger partial charge in [-0.1, -0.05) is 12.1 Å². The van der Waals surface area contributed by atoms with Gasteiger partial charge < -0.3 is 25.4 Å². The number of piperidine rings is 1. The summed E-state index contributed by atoms with van der Waals surface area (Å²) in [5.74, 6) is 1.86. The molecule has 1 aliphatic heterocycles. The van der Waals surface area contributed by atoms with Gasteiger partial charge in [-0.3, -0.25) is 0 Å². The Labute approximate surface area is 181 Å². The topological polar surface area (TPSA) is 85.5 Å². The van der Waals surface area contributed by atoms with Crippen molar-refractivity contribution >= 4 is 22.7 Å². The lowest BCUT2D eigenvalue weighted by molar-refractivity contribution is 0.310. The summed E-state index contributed by atoms with van der Waals surface area (Å²) in [6.07, 6.45) is 1.88. The van der Waals surface area contributed by atoms with E-state index in [1.165, 1.54) is 12.1 Å². The molecule has 1 saturated heterocycles. The van der Waals surface area contributed by atoms with E-state index in [1.807, 2.05) is 30.1 Å². The number of nitrogens with zero attached hydrogens (tertiary/aromatic N) is 3. The fourth-order valence-electron chi connectivity index (χ4n) is 4.41. The van der Waals surface area contributed by atoms with E-state index < -0.39 is 0 Å². The lowest BCUT2D eigenvalue weighted by atomic mass is 9.73. The summed E-state index contributed by atoms with van der Waals surface area (Å²) in [5.41, 5.74) is 7.97. The quantitative estimate of drug-likeness (QED) is 0.628. The van der Waals surface area contributed by atoms with Gasteiger partial charge in [0.25, 0.3) is 0 Å². The van der Waals surface area contributed by atoms with Gasteiger partial charge in [-0.25, -0.2) is 9.37 Å². The summed E-state index contributed by atoms with van der Waals surface area (Å²) >= 11 is 0. The van der Waals surface area contributed by atoms with Crippen LogP contribution in [0.3, 0.4) is 0 Å². The lowest BCUT2D eigenvalue weighted by Crippen LogP contribution is -2.47. The minimum atomic E-state index is -0.226. The van der Waals surface area contributed by atoms with Crippen LogP contribution in [0.25, 0.3) is 10.9 Å². The molecule has 8 heteroatoms. The molecule has 0 atom stereocenters. The number of rotatable bonds is 6. The molecule has 31 heavy (non-hydrogen) atoms. The Bertz CT molecular complexity index is 1070. The van der Waals surface area contributed by atoms with Crippen LogP contribution in [0.4, 0.5) is 16.2 Å². The van der Waals surface area contributed by atoms with Crippen LogP contribution in [0.5, 0.6) is 11.5 Å². The molecule has 0 unspecified atom stereocenters. The Kier molecular flexibility index (Phi) is 5.82. The molecular weight excluding hydrogens is 397 g/mol. The largest absolute Gasteiger partial charge is 0.493 e. The van der Waals surface area contributed by atoms with Gasteiger partial charge in [0, 0.05) is 30.5 Å². The maximum atomic E-state index is 13.5. The van der Waals surface area contributed by atoms with E-state index in [4.69, 9.17) is 20.2 Å². The Hall–Kier alpha value is -3.13. The predicted molar refractivity (Wildman–Crippen MR) is 121 cm³/mol. The van der Waals surface area contributed by atoms with Crippen LogP contribution in [0.15, 0.2) is 36.4 Å². The second-order valence-corrected chi connectivity index (χ2v) is 8.03. The zero-order chi connectivity index (χ0) is 22.0. The molecule has 3 aromatic rings. The van der Waals surface area contributed by atoms with E-state index in [2.05, 4.69) is 10.3 Å². The van der Waals surface area contributed by atoms with Crippen molar-refractivity contribution in [2.45, 2.75) is 18.3 Å². The molecule has 0 amide bonds. The van der Waals surface area contributed by atoms with Crippen LogP contribution < -0.4 is 25.4 Å². The summed E-state index contributed by atoms with van der Waals surface area (Å²) in [5, 5.41) is 4.13. The highest BCUT2D eigenvalue weighted by atomic mass is 19.1. The number of likely N-dealkylation sites (N-methyl/N-ethyl adjacent to an activating group) is 1. The number of methoxy groups -OCH3 is 2. The van der Waals surface area contributed by atoms with Gasteiger partial charge in [0.1, 0.15) is 11.6 Å². The fourth-order valence-corrected chi connectivity index (χ4v) is 4.41. The van der Waals surface area contributed by atoms with Gasteiger partial charge in [0.05, 0.1) is 19.7 Å². The van der Waals surface area contributed by atoms with Crippen molar-refractivity contribution in [2.24, 2.45) is 0 Å². The number of ether oxygens (including phenoxy) is 2. The molecule has 164 valence electrons. The molecule has 2 heterocycles. The number of nitrogens with one attached hydrogen (secondary N) is 1. The van der Waals surface area contributed by atoms with Crippen LogP contribution in [-0.2, 0) is 5.41 Å². The Morgan fingerprint density at radius 3 is 2.35 bits per heavy atom. The Morgan fingerprint density at radius 1 is 1.06 bits per heavy atom. The molecule has 0 aliphatic carbocycles. The molecule has 7 nitrogen and oxygen atoms in total. The molecule has 1 aromatic heterocycles. The SMILES string of the molecule is COc1cc2nc(N(C)CC3(c4ccc(F)cc4)CCNCC3)nc(N)c2cc1OC. The van der Waals surface area contributed by atoms with Gasteiger partial charge in [-0.2, -0.15) is 4.98 Å². The number of anilines is 2. The zero-order valence-electron chi connectivity index (χ0n) is 18.1. The van der Waals surface area contributed by atoms with E-state index >= 15 is 0 Å². The average Bonchev–Trinajstić information content (AvgIpc) is 2.79. The van der Waals surface area contributed by atoms with Crippen LogP contribution >= 0.6 is 0 Å². The monoisotopic (exact) mass is 425 g/mol. The molecule has 1 fully saturated rings. The van der Waals surface area contributed by atoms with Gasteiger partial charge in [0.2, 0.25) is 5.95 Å². The molecule has 0 spiro atoms. The molecular formula is C23H28FN5O2. The summed E-state index contributed by atoms with van der Waals surface area (Å²) in [6.45, 7) is 2.50. The third-order valence-corrected chi connectivity index (χ3v) is 6.12. The minimum Gasteiger partial charge on any atom is -0.493 e. The van der Waals surface area contributed by atoms with Crippen LogP contribution in [-0.4, -0.2) is 50.9 Å². The van der Waals surface area contributed by atoms with E-state index in [0.717, 1.165) is 31.5 Å². The number of hydrogen-bond donors (Lipinski definition) is 2. The summed E-state index contributed by atoms with van der Waals surface area (Å²) in [6, 6.07) is 10.4. The van der Waals surface area contributed by atoms with Crippen molar-refractivity contribution in [1.29, 1.82) is 0 Å². The first-order valence-corrected chi connectivity index (χ1v) is 10.3. The second-order valence-electron chi connectivity index (χ2n) is 8.03. The third-order valence-electron chi connectivity index (χ3n) is 6.12. The first kappa shape index (κ1) is 21.1. The maximum Gasteiger partial charge on any atom is 0.227 e. The number of nitrogens with two attached hydrogens (primary N) is 1. The van der Waals surface area contributed by atoms with E-state index in [9.17, 15) is 4.39 Å². The highest BCUT2D eigenvalue weighted by molar-refractivity contribution is 5.91. The standard InChI is InChI=1S/C23H28FN5O2/c1-29(14-23(8-10-26-11-9-23)15-4-6-16(24)7-5-15)22-27-18-13-20(31-3)19(30-2)12-17(18)21(25)28-22/h4-7,12-13,26H,8-11,14H2,1-3H3,(H2,25,27,28). The summed E-state index contributed by atoms with van der Waals surface area (Å²) < 4.78 is 24.3. The van der Waals surface area contributed by atoms with Crippen LogP contribution in [0.1, 0.15) is 18.4 Å². The molecule has 0 bridgehead atoms. The van der Waals surface area contributed by atoms with Crippen molar-refractivity contribution in [3.63, 3.8) is 0 Å². The first-order chi connectivity index (χ1) is 15.0. The van der Waals surface area contributed by atoms with Crippen molar-refractivity contribution in [2.75, 3.05) is 51.5 Å². The van der Waals surface area contributed by atoms with Crippen molar-refractivity contribution < 1.29 is 13.9 Å². The van der Waals surface area contributed by atoms with Crippen LogP contribution in [0, 0.1) is 5.82 Å². The minimum absolute atomic E-state index is 0.127. The Balaban J connectivity index is 1.70. The zero-order valence-corrected chi connectivity index (χ0v) is 18.1. The number of halogens is 1. The van der Waals surface area contributed by atoms with E-state index in [-0.39, 0.29) is 11.2 Å². The van der Waals surface area contributed by atoms with Crippen molar-refractivity contribution in [3.05, 3.63) is 47.8 Å². The first-order valence-electron chi connectivity index (χ1n) is 10.3. The highest BCUT2D eigenvalue weighted by Crippen LogP contribution is 2.37. The fraction of sp³-hybridized carbons (Fsp3) is 0.391. The number of nitrogen functional groups attached to an aromatic ring is 1. The number of fused-ring (bicyclic) bond motifs is 1. The molecule has 3 N–H and O–H groups in total. The van der Waals surface area contributed by atoms with E-state index in [0.29, 0.717) is 40.7 Å². The predicted octanol–water partition coefficient (Wildman–Crippen LogP) is 3.13.